The van der Waals surface area contributed by atoms with Crippen molar-refractivity contribution in [2.75, 3.05) is 11.9 Å². The van der Waals surface area contributed by atoms with Crippen molar-refractivity contribution in [3.63, 3.8) is 0 Å². The van der Waals surface area contributed by atoms with Crippen LogP contribution in [0.5, 0.6) is 0 Å². The molecule has 1 amide bonds. The Morgan fingerprint density at radius 1 is 1.11 bits per heavy atom. The highest BCUT2D eigenvalue weighted by Gasteiger charge is 2.12. The van der Waals surface area contributed by atoms with Gasteiger partial charge in [-0.1, -0.05) is 29.8 Å². The van der Waals surface area contributed by atoms with Gasteiger partial charge in [-0.2, -0.15) is 0 Å². The van der Waals surface area contributed by atoms with Crippen LogP contribution in [0.2, 0.25) is 0 Å². The fourth-order valence-corrected chi connectivity index (χ4v) is 4.19. The summed E-state index contributed by atoms with van der Waals surface area (Å²) in [7, 11) is 0. The summed E-state index contributed by atoms with van der Waals surface area (Å²) in [6.45, 7) is 5.64. The van der Waals surface area contributed by atoms with E-state index in [1.165, 1.54) is 0 Å². The number of benzene rings is 2. The van der Waals surface area contributed by atoms with Gasteiger partial charge in [-0.05, 0) is 56.9 Å². The number of aryl methyl sites for hydroxylation is 4. The third-order valence-electron chi connectivity index (χ3n) is 4.42. The first-order valence-electron chi connectivity index (χ1n) is 9.30. The molecular formula is C22H24N2O3S. The average molecular weight is 397 g/mol. The molecule has 5 nitrogen and oxygen atoms in total. The molecule has 28 heavy (non-hydrogen) atoms. The Bertz CT molecular complexity index is 954. The van der Waals surface area contributed by atoms with Crippen LogP contribution in [-0.4, -0.2) is 23.5 Å². The topological polar surface area (TPSA) is 68.3 Å². The Labute approximate surface area is 168 Å². The summed E-state index contributed by atoms with van der Waals surface area (Å²) in [5.74, 6) is -0.691. The van der Waals surface area contributed by atoms with Gasteiger partial charge in [-0.3, -0.25) is 9.59 Å². The molecule has 6 heteroatoms. The summed E-state index contributed by atoms with van der Waals surface area (Å²) in [4.78, 5) is 28.6. The van der Waals surface area contributed by atoms with E-state index in [-0.39, 0.29) is 24.9 Å². The number of carbonyl (C=O) groups excluding carboxylic acids is 2. The van der Waals surface area contributed by atoms with Crippen LogP contribution in [-0.2, 0) is 20.7 Å². The van der Waals surface area contributed by atoms with Gasteiger partial charge in [0.2, 0.25) is 0 Å². The van der Waals surface area contributed by atoms with E-state index >= 15 is 0 Å². The molecule has 0 spiro atoms. The first-order chi connectivity index (χ1) is 13.4. The summed E-state index contributed by atoms with van der Waals surface area (Å²) in [5.41, 5.74) is 4.90. The van der Waals surface area contributed by atoms with Crippen molar-refractivity contribution in [2.24, 2.45) is 0 Å². The molecule has 2 aromatic carbocycles. The van der Waals surface area contributed by atoms with Gasteiger partial charge in [-0.25, -0.2) is 4.98 Å². The number of thiazole rings is 1. The number of nitrogens with one attached hydrogen (secondary N) is 1. The van der Waals surface area contributed by atoms with Gasteiger partial charge in [-0.15, -0.1) is 11.3 Å². The lowest BCUT2D eigenvalue weighted by atomic mass is 10.1. The normalized spacial score (nSPS) is 10.8. The van der Waals surface area contributed by atoms with Crippen LogP contribution in [0.1, 0.15) is 34.5 Å². The number of hydrogen-bond acceptors (Lipinski definition) is 5. The Kier molecular flexibility index (Phi) is 6.41. The maximum Gasteiger partial charge on any atom is 0.306 e. The highest BCUT2D eigenvalue weighted by Crippen LogP contribution is 2.23. The van der Waals surface area contributed by atoms with Crippen LogP contribution < -0.4 is 5.32 Å². The van der Waals surface area contributed by atoms with E-state index in [0.717, 1.165) is 44.0 Å². The van der Waals surface area contributed by atoms with Crippen LogP contribution in [0.25, 0.3) is 10.2 Å². The van der Waals surface area contributed by atoms with Crippen molar-refractivity contribution in [1.82, 2.24) is 4.98 Å². The maximum absolute atomic E-state index is 12.1. The monoisotopic (exact) mass is 396 g/mol. The Balaban J connectivity index is 1.42. The molecule has 0 bridgehead atoms. The van der Waals surface area contributed by atoms with Crippen LogP contribution >= 0.6 is 11.3 Å². The second kappa shape index (κ2) is 8.97. The molecule has 0 radical (unpaired) electrons. The number of para-hydroxylation sites is 1. The summed E-state index contributed by atoms with van der Waals surface area (Å²) in [5, 5.41) is 3.84. The van der Waals surface area contributed by atoms with Crippen LogP contribution in [0.3, 0.4) is 0 Å². The van der Waals surface area contributed by atoms with Crippen molar-refractivity contribution < 1.29 is 14.3 Å². The van der Waals surface area contributed by atoms with E-state index < -0.39 is 0 Å². The zero-order chi connectivity index (χ0) is 20.1. The molecular weight excluding hydrogens is 372 g/mol. The number of carbonyl (C=O) groups is 2. The van der Waals surface area contributed by atoms with Gasteiger partial charge in [0, 0.05) is 12.1 Å². The number of esters is 1. The van der Waals surface area contributed by atoms with Crippen LogP contribution in [0.15, 0.2) is 36.4 Å². The molecule has 1 N–H and O–H groups in total. The minimum Gasteiger partial charge on any atom is -0.456 e. The molecule has 0 aliphatic rings. The lowest BCUT2D eigenvalue weighted by Crippen LogP contribution is -2.21. The van der Waals surface area contributed by atoms with Crippen molar-refractivity contribution in [3.05, 3.63) is 58.1 Å². The van der Waals surface area contributed by atoms with Crippen LogP contribution in [0.4, 0.5) is 5.69 Å². The lowest BCUT2D eigenvalue weighted by molar-refractivity contribution is -0.147. The molecule has 0 saturated carbocycles. The molecule has 3 rings (SSSR count). The highest BCUT2D eigenvalue weighted by atomic mass is 32.1. The standard InChI is InChI=1S/C22H24N2O3S/c1-14-11-15(2)22(16(3)12-14)24-19(25)13-27-21(26)10-6-9-20-23-17-7-4-5-8-18(17)28-20/h4-5,7-8,11-12H,6,9-10,13H2,1-3H3,(H,24,25). The van der Waals surface area contributed by atoms with E-state index in [1.54, 1.807) is 11.3 Å². The minimum atomic E-state index is -0.367. The molecule has 1 heterocycles. The molecule has 0 aliphatic heterocycles. The largest absolute Gasteiger partial charge is 0.456 e. The molecule has 1 aromatic heterocycles. The first-order valence-corrected chi connectivity index (χ1v) is 10.1. The lowest BCUT2D eigenvalue weighted by Gasteiger charge is -2.13. The zero-order valence-electron chi connectivity index (χ0n) is 16.4. The number of hydrogen-bond donors (Lipinski definition) is 1. The van der Waals surface area contributed by atoms with Crippen molar-refractivity contribution in [1.29, 1.82) is 0 Å². The van der Waals surface area contributed by atoms with Gasteiger partial charge >= 0.3 is 5.97 Å². The molecule has 0 unspecified atom stereocenters. The number of fused-ring (bicyclic) bond motifs is 1. The number of rotatable bonds is 7. The predicted molar refractivity (Wildman–Crippen MR) is 113 cm³/mol. The van der Waals surface area contributed by atoms with E-state index in [2.05, 4.69) is 10.3 Å². The van der Waals surface area contributed by atoms with Gasteiger partial charge in [0.25, 0.3) is 5.91 Å². The van der Waals surface area contributed by atoms with Crippen molar-refractivity contribution in [2.45, 2.75) is 40.0 Å². The summed E-state index contributed by atoms with van der Waals surface area (Å²) >= 11 is 1.64. The first kappa shape index (κ1) is 20.0. The Hall–Kier alpha value is -2.73. The predicted octanol–water partition coefficient (Wildman–Crippen LogP) is 4.73. The maximum atomic E-state index is 12.1. The number of nitrogens with zero attached hydrogens (tertiary/aromatic N) is 1. The highest BCUT2D eigenvalue weighted by molar-refractivity contribution is 7.18. The summed E-state index contributed by atoms with van der Waals surface area (Å²) in [6, 6.07) is 12.0. The fourth-order valence-electron chi connectivity index (χ4n) is 3.18. The molecule has 0 saturated heterocycles. The second-order valence-corrected chi connectivity index (χ2v) is 8.03. The van der Waals surface area contributed by atoms with E-state index in [4.69, 9.17) is 4.74 Å². The van der Waals surface area contributed by atoms with Gasteiger partial charge < -0.3 is 10.1 Å². The summed E-state index contributed by atoms with van der Waals surface area (Å²) in [6.07, 6.45) is 1.64. The van der Waals surface area contributed by atoms with Gasteiger partial charge in [0.1, 0.15) is 0 Å². The van der Waals surface area contributed by atoms with E-state index in [9.17, 15) is 9.59 Å². The zero-order valence-corrected chi connectivity index (χ0v) is 17.2. The molecule has 146 valence electrons. The summed E-state index contributed by atoms with van der Waals surface area (Å²) < 4.78 is 6.26. The van der Waals surface area contributed by atoms with Crippen molar-refractivity contribution in [3.8, 4) is 0 Å². The van der Waals surface area contributed by atoms with E-state index in [1.807, 2.05) is 57.2 Å². The molecule has 0 atom stereocenters. The SMILES string of the molecule is Cc1cc(C)c(NC(=O)COC(=O)CCCc2nc3ccccc3s2)c(C)c1. The number of ether oxygens (including phenoxy) is 1. The minimum absolute atomic E-state index is 0.270. The van der Waals surface area contributed by atoms with Crippen LogP contribution in [0, 0.1) is 20.8 Å². The number of aromatic nitrogens is 1. The second-order valence-electron chi connectivity index (χ2n) is 6.91. The smallest absolute Gasteiger partial charge is 0.306 e. The average Bonchev–Trinajstić information content (AvgIpc) is 3.05. The van der Waals surface area contributed by atoms with Gasteiger partial charge in [0.05, 0.1) is 15.2 Å². The fraction of sp³-hybridized carbons (Fsp3) is 0.318. The van der Waals surface area contributed by atoms with E-state index in [0.29, 0.717) is 6.42 Å². The quantitative estimate of drug-likeness (QED) is 0.587. The molecule has 3 aromatic rings. The van der Waals surface area contributed by atoms with Crippen molar-refractivity contribution >= 4 is 39.1 Å². The van der Waals surface area contributed by atoms with Gasteiger partial charge in [0.15, 0.2) is 6.61 Å². The Morgan fingerprint density at radius 3 is 2.54 bits per heavy atom. The molecule has 0 aliphatic carbocycles. The number of anilines is 1. The Morgan fingerprint density at radius 2 is 1.82 bits per heavy atom. The third-order valence-corrected chi connectivity index (χ3v) is 5.51. The molecule has 0 fully saturated rings. The third kappa shape index (κ3) is 5.16. The number of amides is 1.